The van der Waals surface area contributed by atoms with Gasteiger partial charge in [-0.15, -0.1) is 0 Å². The largest absolute Gasteiger partial charge is 0.466 e. The molecule has 28 heavy (non-hydrogen) atoms. The van der Waals surface area contributed by atoms with Crippen LogP contribution in [0.3, 0.4) is 0 Å². The Morgan fingerprint density at radius 2 is 1.82 bits per heavy atom. The molecule has 0 aliphatic carbocycles. The minimum absolute atomic E-state index is 0.142. The lowest BCUT2D eigenvalue weighted by molar-refractivity contribution is -0.142. The maximum Gasteiger partial charge on any atom is 0.306 e. The second-order valence-electron chi connectivity index (χ2n) is 6.56. The van der Waals surface area contributed by atoms with E-state index in [2.05, 4.69) is 0 Å². The zero-order chi connectivity index (χ0) is 19.8. The standard InChI is InChI=1S/C22H25NO4S/c1-2-26-22(25)14-15-28-23-18(10-13-21(23)24)16-17-8-11-20(12-9-17)27-19-6-4-3-5-7-19/h3-9,11-12,18H,2,10,13-16H2,1H3/t18-/m1/s1. The van der Waals surface area contributed by atoms with Gasteiger partial charge in [-0.2, -0.15) is 0 Å². The Hall–Kier alpha value is -2.47. The van der Waals surface area contributed by atoms with Crippen molar-refractivity contribution in [3.05, 3.63) is 60.2 Å². The summed E-state index contributed by atoms with van der Waals surface area (Å²) in [6.07, 6.45) is 2.52. The van der Waals surface area contributed by atoms with Crippen molar-refractivity contribution in [2.24, 2.45) is 0 Å². The Balaban J connectivity index is 1.53. The van der Waals surface area contributed by atoms with Crippen LogP contribution >= 0.6 is 11.9 Å². The molecule has 1 heterocycles. The number of hydrogen-bond donors (Lipinski definition) is 0. The number of carbonyl (C=O) groups is 2. The van der Waals surface area contributed by atoms with Gasteiger partial charge in [0.1, 0.15) is 11.5 Å². The Bertz CT molecular complexity index is 779. The average Bonchev–Trinajstić information content (AvgIpc) is 3.04. The van der Waals surface area contributed by atoms with Crippen LogP contribution in [-0.4, -0.2) is 34.6 Å². The van der Waals surface area contributed by atoms with E-state index in [1.54, 1.807) is 6.92 Å². The first kappa shape index (κ1) is 20.3. The summed E-state index contributed by atoms with van der Waals surface area (Å²) in [5.74, 6) is 2.08. The molecule has 0 aromatic heterocycles. The summed E-state index contributed by atoms with van der Waals surface area (Å²) in [6, 6.07) is 17.8. The normalized spacial score (nSPS) is 16.2. The summed E-state index contributed by atoms with van der Waals surface area (Å²) in [7, 11) is 0. The third-order valence-corrected chi connectivity index (χ3v) is 5.65. The molecule has 1 amide bonds. The highest BCUT2D eigenvalue weighted by Gasteiger charge is 2.31. The summed E-state index contributed by atoms with van der Waals surface area (Å²) in [5, 5.41) is 0. The SMILES string of the molecule is CCOC(=O)CCSN1C(=O)CC[C@@H]1Cc1ccc(Oc2ccccc2)cc1. The van der Waals surface area contributed by atoms with Crippen molar-refractivity contribution in [3.8, 4) is 11.5 Å². The lowest BCUT2D eigenvalue weighted by Gasteiger charge is -2.23. The van der Waals surface area contributed by atoms with Crippen LogP contribution in [0.4, 0.5) is 0 Å². The topological polar surface area (TPSA) is 55.8 Å². The zero-order valence-electron chi connectivity index (χ0n) is 16.0. The van der Waals surface area contributed by atoms with Crippen molar-refractivity contribution in [2.75, 3.05) is 12.4 Å². The Kier molecular flexibility index (Phi) is 7.37. The molecule has 0 radical (unpaired) electrons. The predicted molar refractivity (Wildman–Crippen MR) is 110 cm³/mol. The lowest BCUT2D eigenvalue weighted by Crippen LogP contribution is -2.29. The summed E-state index contributed by atoms with van der Waals surface area (Å²) in [4.78, 5) is 23.7. The smallest absolute Gasteiger partial charge is 0.306 e. The molecular weight excluding hydrogens is 374 g/mol. The fourth-order valence-corrected chi connectivity index (χ4v) is 4.21. The van der Waals surface area contributed by atoms with Crippen LogP contribution in [0.25, 0.3) is 0 Å². The second kappa shape index (κ2) is 10.2. The van der Waals surface area contributed by atoms with E-state index in [0.29, 0.717) is 25.2 Å². The number of ether oxygens (including phenoxy) is 2. The Morgan fingerprint density at radius 3 is 2.54 bits per heavy atom. The molecule has 2 aromatic carbocycles. The maximum atomic E-state index is 12.2. The molecule has 148 valence electrons. The number of carbonyl (C=O) groups excluding carboxylic acids is 2. The number of para-hydroxylation sites is 1. The monoisotopic (exact) mass is 399 g/mol. The van der Waals surface area contributed by atoms with E-state index in [1.165, 1.54) is 11.9 Å². The van der Waals surface area contributed by atoms with Crippen LogP contribution in [0.15, 0.2) is 54.6 Å². The van der Waals surface area contributed by atoms with Gasteiger partial charge in [0.05, 0.1) is 13.0 Å². The molecule has 2 aromatic rings. The zero-order valence-corrected chi connectivity index (χ0v) is 16.8. The summed E-state index contributed by atoms with van der Waals surface area (Å²) < 4.78 is 12.6. The highest BCUT2D eigenvalue weighted by molar-refractivity contribution is 7.97. The fraction of sp³-hybridized carbons (Fsp3) is 0.364. The maximum absolute atomic E-state index is 12.2. The molecule has 1 aliphatic rings. The van der Waals surface area contributed by atoms with E-state index in [9.17, 15) is 9.59 Å². The van der Waals surface area contributed by atoms with Crippen LogP contribution < -0.4 is 4.74 Å². The van der Waals surface area contributed by atoms with Gasteiger partial charge in [0, 0.05) is 18.2 Å². The molecule has 1 aliphatic heterocycles. The van der Waals surface area contributed by atoms with E-state index in [0.717, 1.165) is 29.9 Å². The molecule has 1 saturated heterocycles. The molecule has 6 heteroatoms. The molecular formula is C22H25NO4S. The molecule has 0 saturated carbocycles. The molecule has 1 atom stereocenters. The van der Waals surface area contributed by atoms with Crippen molar-refractivity contribution < 1.29 is 19.1 Å². The van der Waals surface area contributed by atoms with Crippen LogP contribution in [0.5, 0.6) is 11.5 Å². The van der Waals surface area contributed by atoms with Crippen molar-refractivity contribution in [1.29, 1.82) is 0 Å². The van der Waals surface area contributed by atoms with E-state index in [4.69, 9.17) is 9.47 Å². The minimum atomic E-state index is -0.216. The van der Waals surface area contributed by atoms with Gasteiger partial charge in [-0.3, -0.25) is 13.9 Å². The molecule has 0 unspecified atom stereocenters. The van der Waals surface area contributed by atoms with Gasteiger partial charge in [-0.25, -0.2) is 0 Å². The van der Waals surface area contributed by atoms with E-state index < -0.39 is 0 Å². The van der Waals surface area contributed by atoms with Gasteiger partial charge in [0.2, 0.25) is 5.91 Å². The van der Waals surface area contributed by atoms with Crippen molar-refractivity contribution in [3.63, 3.8) is 0 Å². The first-order valence-electron chi connectivity index (χ1n) is 9.58. The lowest BCUT2D eigenvalue weighted by atomic mass is 10.0. The number of amides is 1. The molecule has 0 N–H and O–H groups in total. The fourth-order valence-electron chi connectivity index (χ4n) is 3.13. The predicted octanol–water partition coefficient (Wildman–Crippen LogP) is 4.61. The van der Waals surface area contributed by atoms with Crippen molar-refractivity contribution in [2.45, 2.75) is 38.6 Å². The third-order valence-electron chi connectivity index (χ3n) is 4.48. The van der Waals surface area contributed by atoms with Crippen LogP contribution in [-0.2, 0) is 20.7 Å². The second-order valence-corrected chi connectivity index (χ2v) is 7.62. The summed E-state index contributed by atoms with van der Waals surface area (Å²) in [6.45, 7) is 2.18. The molecule has 1 fully saturated rings. The number of rotatable bonds is 9. The Labute approximate surface area is 170 Å². The van der Waals surface area contributed by atoms with Gasteiger partial charge in [0.25, 0.3) is 0 Å². The van der Waals surface area contributed by atoms with Crippen molar-refractivity contribution in [1.82, 2.24) is 4.31 Å². The van der Waals surface area contributed by atoms with E-state index >= 15 is 0 Å². The Morgan fingerprint density at radius 1 is 1.11 bits per heavy atom. The molecule has 5 nitrogen and oxygen atoms in total. The molecule has 0 bridgehead atoms. The first-order chi connectivity index (χ1) is 13.7. The quantitative estimate of drug-likeness (QED) is 0.455. The first-order valence-corrected chi connectivity index (χ1v) is 10.5. The minimum Gasteiger partial charge on any atom is -0.466 e. The summed E-state index contributed by atoms with van der Waals surface area (Å²) in [5.41, 5.74) is 1.16. The van der Waals surface area contributed by atoms with Gasteiger partial charge >= 0.3 is 5.97 Å². The highest BCUT2D eigenvalue weighted by Crippen LogP contribution is 2.30. The van der Waals surface area contributed by atoms with E-state index in [1.807, 2.05) is 58.9 Å². The van der Waals surface area contributed by atoms with Crippen LogP contribution in [0.1, 0.15) is 31.7 Å². The third kappa shape index (κ3) is 5.76. The molecule has 3 rings (SSSR count). The van der Waals surface area contributed by atoms with Gasteiger partial charge in [0.15, 0.2) is 0 Å². The van der Waals surface area contributed by atoms with Gasteiger partial charge < -0.3 is 9.47 Å². The van der Waals surface area contributed by atoms with Gasteiger partial charge in [-0.1, -0.05) is 30.3 Å². The summed E-state index contributed by atoms with van der Waals surface area (Å²) >= 11 is 1.44. The van der Waals surface area contributed by atoms with Gasteiger partial charge in [-0.05, 0) is 61.5 Å². The van der Waals surface area contributed by atoms with Crippen LogP contribution in [0, 0.1) is 0 Å². The number of nitrogens with zero attached hydrogens (tertiary/aromatic N) is 1. The number of esters is 1. The molecule has 0 spiro atoms. The highest BCUT2D eigenvalue weighted by atomic mass is 32.2. The average molecular weight is 400 g/mol. The van der Waals surface area contributed by atoms with Crippen LogP contribution in [0.2, 0.25) is 0 Å². The number of benzene rings is 2. The van der Waals surface area contributed by atoms with Crippen molar-refractivity contribution >= 4 is 23.8 Å². The number of hydrogen-bond acceptors (Lipinski definition) is 5. The van der Waals surface area contributed by atoms with E-state index in [-0.39, 0.29) is 17.9 Å².